The molecule has 5 heteroatoms. The molecule has 1 aromatic carbocycles. The predicted octanol–water partition coefficient (Wildman–Crippen LogP) is 2.50. The molecule has 4 atom stereocenters. The summed E-state index contributed by atoms with van der Waals surface area (Å²) in [7, 11) is -3.69. The van der Waals surface area contributed by atoms with Crippen LogP contribution in [-0.2, 0) is 14.3 Å². The van der Waals surface area contributed by atoms with E-state index in [0.717, 1.165) is 31.2 Å². The van der Waals surface area contributed by atoms with Gasteiger partial charge in [-0.1, -0.05) is 17.7 Å². The molecular weight excluding hydrogens is 288 g/mol. The Morgan fingerprint density at radius 2 is 1.90 bits per heavy atom. The van der Waals surface area contributed by atoms with E-state index >= 15 is 0 Å². The van der Waals surface area contributed by atoms with E-state index in [1.54, 1.807) is 24.3 Å². The van der Waals surface area contributed by atoms with Crippen LogP contribution < -0.4 is 0 Å². The number of hydrogen-bond donors (Lipinski definition) is 1. The van der Waals surface area contributed by atoms with Gasteiger partial charge in [0, 0.05) is 0 Å². The molecule has 2 bridgehead atoms. The average molecular weight is 310 g/mol. The van der Waals surface area contributed by atoms with Gasteiger partial charge in [-0.05, 0) is 62.5 Å². The van der Waals surface area contributed by atoms with Gasteiger partial charge < -0.3 is 5.11 Å². The third kappa shape index (κ3) is 3.15. The predicted molar refractivity (Wildman–Crippen MR) is 79.3 cm³/mol. The number of rotatable bonds is 4. The maximum absolute atomic E-state index is 12.2. The van der Waals surface area contributed by atoms with E-state index in [0.29, 0.717) is 5.92 Å². The maximum Gasteiger partial charge on any atom is 0.296 e. The minimum atomic E-state index is -3.69. The zero-order valence-corrected chi connectivity index (χ0v) is 13.1. The van der Waals surface area contributed by atoms with E-state index < -0.39 is 10.1 Å². The summed E-state index contributed by atoms with van der Waals surface area (Å²) in [6.07, 6.45) is 3.71. The van der Waals surface area contributed by atoms with Crippen molar-refractivity contribution in [3.05, 3.63) is 29.8 Å². The van der Waals surface area contributed by atoms with Gasteiger partial charge in [0.05, 0.1) is 17.6 Å². The maximum atomic E-state index is 12.2. The summed E-state index contributed by atoms with van der Waals surface area (Å²) in [6.45, 7) is 2.10. The smallest absolute Gasteiger partial charge is 0.296 e. The largest absolute Gasteiger partial charge is 0.393 e. The minimum Gasteiger partial charge on any atom is -0.393 e. The van der Waals surface area contributed by atoms with Gasteiger partial charge in [-0.15, -0.1) is 0 Å². The van der Waals surface area contributed by atoms with Crippen LogP contribution in [0.1, 0.15) is 31.2 Å². The minimum absolute atomic E-state index is 0.160. The van der Waals surface area contributed by atoms with Crippen LogP contribution in [-0.4, -0.2) is 26.2 Å². The summed E-state index contributed by atoms with van der Waals surface area (Å²) in [6, 6.07) is 6.68. The van der Waals surface area contributed by atoms with Crippen molar-refractivity contribution in [2.75, 3.05) is 6.61 Å². The van der Waals surface area contributed by atoms with E-state index in [2.05, 4.69) is 0 Å². The molecule has 116 valence electrons. The van der Waals surface area contributed by atoms with Crippen molar-refractivity contribution in [1.29, 1.82) is 0 Å². The molecule has 0 spiro atoms. The van der Waals surface area contributed by atoms with E-state index in [1.807, 2.05) is 6.92 Å². The van der Waals surface area contributed by atoms with Crippen molar-refractivity contribution in [2.45, 2.75) is 43.6 Å². The molecule has 3 fully saturated rings. The molecule has 3 aliphatic rings. The van der Waals surface area contributed by atoms with Gasteiger partial charge >= 0.3 is 0 Å². The van der Waals surface area contributed by atoms with Crippen molar-refractivity contribution in [2.24, 2.45) is 17.8 Å². The lowest BCUT2D eigenvalue weighted by atomic mass is 9.63. The Bertz CT molecular complexity index is 593. The fourth-order valence-corrected chi connectivity index (χ4v) is 4.72. The molecule has 0 aliphatic heterocycles. The number of aliphatic hydroxyl groups is 1. The first-order valence-electron chi connectivity index (χ1n) is 7.60. The molecule has 1 aromatic rings. The van der Waals surface area contributed by atoms with Crippen LogP contribution in [0.3, 0.4) is 0 Å². The summed E-state index contributed by atoms with van der Waals surface area (Å²) in [4.78, 5) is 0.203. The second-order valence-corrected chi connectivity index (χ2v) is 8.07. The Labute approximate surface area is 126 Å². The zero-order valence-electron chi connectivity index (χ0n) is 12.2. The highest BCUT2D eigenvalue weighted by Gasteiger charge is 2.41. The second kappa shape index (κ2) is 5.71. The fraction of sp³-hybridized carbons (Fsp3) is 0.625. The Morgan fingerprint density at radius 1 is 1.19 bits per heavy atom. The standard InChI is InChI=1S/C16H22O4S/c1-11-2-5-14(6-3-11)21(18,19)20-10-13-8-12-4-7-15(13)16(17)9-12/h2-3,5-6,12-13,15-17H,4,7-10H2,1H3/t12-,13+,15+,16+/m1/s1. The van der Waals surface area contributed by atoms with Crippen LogP contribution >= 0.6 is 0 Å². The normalized spacial score (nSPS) is 32.3. The van der Waals surface area contributed by atoms with Crippen molar-refractivity contribution < 1.29 is 17.7 Å². The molecular formula is C16H22O4S. The summed E-state index contributed by atoms with van der Waals surface area (Å²) < 4.78 is 29.6. The first kappa shape index (κ1) is 15.0. The fourth-order valence-electron chi connectivity index (χ4n) is 3.76. The van der Waals surface area contributed by atoms with Crippen LogP contribution in [0, 0.1) is 24.7 Å². The number of hydrogen-bond acceptors (Lipinski definition) is 4. The Balaban J connectivity index is 1.65. The Morgan fingerprint density at radius 3 is 2.52 bits per heavy atom. The number of fused-ring (bicyclic) bond motifs is 3. The summed E-state index contributed by atoms with van der Waals surface area (Å²) in [5.41, 5.74) is 1.02. The van der Waals surface area contributed by atoms with Crippen LogP contribution in [0.25, 0.3) is 0 Å². The molecule has 0 saturated heterocycles. The molecule has 0 radical (unpaired) electrons. The SMILES string of the molecule is Cc1ccc(S(=O)(=O)OC[C@@H]2C[C@H]3CC[C@@H]2[C@@H](O)C3)cc1. The molecule has 1 N–H and O–H groups in total. The van der Waals surface area contributed by atoms with Crippen LogP contribution in [0.5, 0.6) is 0 Å². The van der Waals surface area contributed by atoms with Crippen molar-refractivity contribution in [1.82, 2.24) is 0 Å². The number of aryl methyl sites for hydroxylation is 1. The number of benzene rings is 1. The molecule has 0 amide bonds. The van der Waals surface area contributed by atoms with Crippen molar-refractivity contribution >= 4 is 10.1 Å². The van der Waals surface area contributed by atoms with Gasteiger partial charge in [0.1, 0.15) is 0 Å². The molecule has 0 heterocycles. The average Bonchev–Trinajstić information content (AvgIpc) is 2.46. The summed E-state index contributed by atoms with van der Waals surface area (Å²) >= 11 is 0. The highest BCUT2D eigenvalue weighted by Crippen LogP contribution is 2.45. The van der Waals surface area contributed by atoms with Gasteiger partial charge in [0.15, 0.2) is 0 Å². The lowest BCUT2D eigenvalue weighted by molar-refractivity contribution is -0.0485. The third-order valence-electron chi connectivity index (χ3n) is 4.97. The van der Waals surface area contributed by atoms with Gasteiger partial charge in [0.25, 0.3) is 10.1 Å². The van der Waals surface area contributed by atoms with Gasteiger partial charge in [-0.2, -0.15) is 8.42 Å². The first-order chi connectivity index (χ1) is 9.95. The van der Waals surface area contributed by atoms with E-state index in [-0.39, 0.29) is 29.4 Å². The molecule has 3 saturated carbocycles. The molecule has 4 nitrogen and oxygen atoms in total. The third-order valence-corrected chi connectivity index (χ3v) is 6.26. The lowest BCUT2D eigenvalue weighted by Crippen LogP contribution is -2.43. The van der Waals surface area contributed by atoms with E-state index in [4.69, 9.17) is 4.18 Å². The van der Waals surface area contributed by atoms with Crippen molar-refractivity contribution in [3.8, 4) is 0 Å². The molecule has 0 aromatic heterocycles. The van der Waals surface area contributed by atoms with Crippen molar-refractivity contribution in [3.63, 3.8) is 0 Å². The van der Waals surface area contributed by atoms with Gasteiger partial charge in [-0.3, -0.25) is 4.18 Å². The second-order valence-electron chi connectivity index (χ2n) is 6.46. The van der Waals surface area contributed by atoms with Crippen LogP contribution in [0.2, 0.25) is 0 Å². The molecule has 3 aliphatic carbocycles. The van der Waals surface area contributed by atoms with Gasteiger partial charge in [-0.25, -0.2) is 0 Å². The summed E-state index contributed by atoms with van der Waals surface area (Å²) in [5.74, 6) is 0.886. The van der Waals surface area contributed by atoms with E-state index in [9.17, 15) is 13.5 Å². The van der Waals surface area contributed by atoms with Crippen LogP contribution in [0.4, 0.5) is 0 Å². The monoisotopic (exact) mass is 310 g/mol. The highest BCUT2D eigenvalue weighted by atomic mass is 32.2. The highest BCUT2D eigenvalue weighted by molar-refractivity contribution is 7.86. The Hall–Kier alpha value is -0.910. The molecule has 4 rings (SSSR count). The quantitative estimate of drug-likeness (QED) is 0.868. The van der Waals surface area contributed by atoms with Gasteiger partial charge in [0.2, 0.25) is 0 Å². The number of aliphatic hydroxyl groups excluding tert-OH is 1. The zero-order chi connectivity index (χ0) is 15.0. The van der Waals surface area contributed by atoms with E-state index in [1.165, 1.54) is 0 Å². The molecule has 21 heavy (non-hydrogen) atoms. The lowest BCUT2D eigenvalue weighted by Gasteiger charge is -2.45. The molecule has 0 unspecified atom stereocenters. The van der Waals surface area contributed by atoms with Crippen LogP contribution in [0.15, 0.2) is 29.2 Å². The Kier molecular flexibility index (Phi) is 4.08. The summed E-state index contributed by atoms with van der Waals surface area (Å²) in [5, 5.41) is 10.0. The topological polar surface area (TPSA) is 63.6 Å². The first-order valence-corrected chi connectivity index (χ1v) is 9.01.